The number of ether oxygens (including phenoxy) is 1. The van der Waals surface area contributed by atoms with E-state index in [0.717, 1.165) is 43.4 Å². The Labute approximate surface area is 196 Å². The van der Waals surface area contributed by atoms with Crippen LogP contribution in [0.15, 0.2) is 54.6 Å². The van der Waals surface area contributed by atoms with Gasteiger partial charge in [-0.05, 0) is 62.4 Å². The third kappa shape index (κ3) is 7.56. The number of nitrogens with zero attached hydrogens (tertiary/aromatic N) is 1. The molecule has 0 saturated heterocycles. The van der Waals surface area contributed by atoms with Crippen LogP contribution in [0.2, 0.25) is 5.02 Å². The van der Waals surface area contributed by atoms with Crippen LogP contribution < -0.4 is 10.1 Å². The van der Waals surface area contributed by atoms with E-state index in [1.54, 1.807) is 17.0 Å². The van der Waals surface area contributed by atoms with E-state index in [9.17, 15) is 9.59 Å². The Balaban J connectivity index is 1.54. The molecule has 6 heteroatoms. The van der Waals surface area contributed by atoms with Crippen molar-refractivity contribution in [1.29, 1.82) is 0 Å². The first-order valence-electron chi connectivity index (χ1n) is 11.5. The summed E-state index contributed by atoms with van der Waals surface area (Å²) in [7, 11) is 0. The van der Waals surface area contributed by atoms with E-state index in [4.69, 9.17) is 16.3 Å². The molecule has 1 N–H and O–H groups in total. The van der Waals surface area contributed by atoms with Crippen molar-refractivity contribution in [3.8, 4) is 5.75 Å². The summed E-state index contributed by atoms with van der Waals surface area (Å²) in [4.78, 5) is 27.7. The summed E-state index contributed by atoms with van der Waals surface area (Å²) < 4.78 is 5.71. The van der Waals surface area contributed by atoms with Crippen LogP contribution in [-0.2, 0) is 16.0 Å². The number of carbonyl (C=O) groups excluding carboxylic acids is 2. The van der Waals surface area contributed by atoms with Crippen molar-refractivity contribution in [2.45, 2.75) is 64.0 Å². The van der Waals surface area contributed by atoms with Crippen molar-refractivity contribution in [2.24, 2.45) is 0 Å². The molecule has 172 valence electrons. The minimum absolute atomic E-state index is 0.0188. The van der Waals surface area contributed by atoms with E-state index < -0.39 is 6.04 Å². The van der Waals surface area contributed by atoms with E-state index >= 15 is 0 Å². The molecule has 3 rings (SSSR count). The largest absolute Gasteiger partial charge is 0.494 e. The van der Waals surface area contributed by atoms with E-state index in [-0.39, 0.29) is 17.9 Å². The molecule has 0 bridgehead atoms. The van der Waals surface area contributed by atoms with Crippen LogP contribution in [0.1, 0.15) is 51.0 Å². The number of nitrogens with one attached hydrogen (secondary N) is 1. The number of hydrogen-bond donors (Lipinski definition) is 1. The number of benzene rings is 2. The van der Waals surface area contributed by atoms with E-state index in [1.807, 2.05) is 49.4 Å². The fourth-order valence-electron chi connectivity index (χ4n) is 4.05. The maximum atomic E-state index is 13.1. The zero-order valence-corrected chi connectivity index (χ0v) is 19.5. The highest BCUT2D eigenvalue weighted by molar-refractivity contribution is 6.30. The lowest BCUT2D eigenvalue weighted by Crippen LogP contribution is -2.50. The molecule has 0 radical (unpaired) electrons. The van der Waals surface area contributed by atoms with Gasteiger partial charge in [0, 0.05) is 24.0 Å². The molecule has 1 fully saturated rings. The zero-order chi connectivity index (χ0) is 22.8. The van der Waals surface area contributed by atoms with Crippen LogP contribution in [0, 0.1) is 0 Å². The summed E-state index contributed by atoms with van der Waals surface area (Å²) in [5.41, 5.74) is 1.15. The number of halogens is 1. The van der Waals surface area contributed by atoms with Gasteiger partial charge >= 0.3 is 0 Å². The van der Waals surface area contributed by atoms with Crippen molar-refractivity contribution in [3.63, 3.8) is 0 Å². The van der Waals surface area contributed by atoms with Gasteiger partial charge in [-0.15, -0.1) is 0 Å². The molecule has 2 aromatic rings. The van der Waals surface area contributed by atoms with Gasteiger partial charge in [-0.1, -0.05) is 54.8 Å². The van der Waals surface area contributed by atoms with Gasteiger partial charge in [0.25, 0.3) is 0 Å². The predicted octanol–water partition coefficient (Wildman–Crippen LogP) is 5.02. The van der Waals surface area contributed by atoms with E-state index in [2.05, 4.69) is 5.32 Å². The van der Waals surface area contributed by atoms with Crippen molar-refractivity contribution < 1.29 is 14.3 Å². The standard InChI is InChI=1S/C26H33ClN2O3/c1-20(26(31)28-23-10-5-6-11-23)29(18-17-21-8-3-2-4-9-21)25(30)12-7-19-32-24-15-13-22(27)14-16-24/h2-4,8-9,13-16,20,23H,5-7,10-12,17-19H2,1H3,(H,28,31)/t20-/m0/s1. The molecule has 0 heterocycles. The third-order valence-electron chi connectivity index (χ3n) is 5.97. The summed E-state index contributed by atoms with van der Waals surface area (Å²) in [5, 5.41) is 3.80. The lowest BCUT2D eigenvalue weighted by molar-refractivity contribution is -0.140. The molecule has 1 aliphatic carbocycles. The molecule has 1 atom stereocenters. The summed E-state index contributed by atoms with van der Waals surface area (Å²) in [5.74, 6) is 0.650. The molecule has 1 saturated carbocycles. The number of rotatable bonds is 11. The first-order chi connectivity index (χ1) is 15.5. The Morgan fingerprint density at radius 2 is 1.78 bits per heavy atom. The molecular formula is C26H33ClN2O3. The van der Waals surface area contributed by atoms with Crippen LogP contribution in [-0.4, -0.2) is 41.9 Å². The Morgan fingerprint density at radius 1 is 1.09 bits per heavy atom. The molecule has 32 heavy (non-hydrogen) atoms. The lowest BCUT2D eigenvalue weighted by Gasteiger charge is -2.30. The van der Waals surface area contributed by atoms with Gasteiger partial charge in [-0.2, -0.15) is 0 Å². The summed E-state index contributed by atoms with van der Waals surface area (Å²) in [6, 6.07) is 17.0. The first kappa shape index (κ1) is 24.1. The molecule has 0 unspecified atom stereocenters. The third-order valence-corrected chi connectivity index (χ3v) is 6.22. The maximum absolute atomic E-state index is 13.1. The topological polar surface area (TPSA) is 58.6 Å². The van der Waals surface area contributed by atoms with Gasteiger partial charge in [-0.25, -0.2) is 0 Å². The van der Waals surface area contributed by atoms with Gasteiger partial charge in [-0.3, -0.25) is 9.59 Å². The Morgan fingerprint density at radius 3 is 2.47 bits per heavy atom. The van der Waals surface area contributed by atoms with E-state index in [0.29, 0.717) is 31.0 Å². The molecular weight excluding hydrogens is 424 g/mol. The Bertz CT molecular complexity index is 851. The smallest absolute Gasteiger partial charge is 0.242 e. The summed E-state index contributed by atoms with van der Waals surface area (Å²) in [6.07, 6.45) is 6.00. The second-order valence-electron chi connectivity index (χ2n) is 8.39. The van der Waals surface area contributed by atoms with Gasteiger partial charge in [0.1, 0.15) is 11.8 Å². The molecule has 2 amide bonds. The van der Waals surface area contributed by atoms with Crippen LogP contribution in [0.5, 0.6) is 5.75 Å². The molecule has 5 nitrogen and oxygen atoms in total. The van der Waals surface area contributed by atoms with Crippen molar-refractivity contribution in [3.05, 3.63) is 65.2 Å². The van der Waals surface area contributed by atoms with Gasteiger partial charge < -0.3 is 15.0 Å². The first-order valence-corrected chi connectivity index (χ1v) is 11.9. The van der Waals surface area contributed by atoms with Gasteiger partial charge in [0.2, 0.25) is 11.8 Å². The van der Waals surface area contributed by atoms with E-state index in [1.165, 1.54) is 0 Å². The zero-order valence-electron chi connectivity index (χ0n) is 18.8. The highest BCUT2D eigenvalue weighted by atomic mass is 35.5. The number of carbonyl (C=O) groups is 2. The normalized spacial score (nSPS) is 14.7. The Hall–Kier alpha value is -2.53. The van der Waals surface area contributed by atoms with Crippen molar-refractivity contribution in [2.75, 3.05) is 13.2 Å². The highest BCUT2D eigenvalue weighted by Gasteiger charge is 2.27. The minimum atomic E-state index is -0.496. The molecule has 0 aliphatic heterocycles. The van der Waals surface area contributed by atoms with Crippen molar-refractivity contribution >= 4 is 23.4 Å². The fourth-order valence-corrected chi connectivity index (χ4v) is 4.18. The van der Waals surface area contributed by atoms with Gasteiger partial charge in [0.05, 0.1) is 6.61 Å². The van der Waals surface area contributed by atoms with Crippen LogP contribution in [0.3, 0.4) is 0 Å². The average molecular weight is 457 g/mol. The summed E-state index contributed by atoms with van der Waals surface area (Å²) >= 11 is 5.89. The second-order valence-corrected chi connectivity index (χ2v) is 8.83. The van der Waals surface area contributed by atoms with Crippen molar-refractivity contribution in [1.82, 2.24) is 10.2 Å². The SMILES string of the molecule is C[C@@H](C(=O)NC1CCCC1)N(CCc1ccccc1)C(=O)CCCOc1ccc(Cl)cc1. The predicted molar refractivity (Wildman–Crippen MR) is 128 cm³/mol. The van der Waals surface area contributed by atoms with Crippen LogP contribution in [0.4, 0.5) is 0 Å². The Kier molecular flexibility index (Phi) is 9.42. The molecule has 1 aliphatic rings. The van der Waals surface area contributed by atoms with Crippen LogP contribution in [0.25, 0.3) is 0 Å². The minimum Gasteiger partial charge on any atom is -0.494 e. The fraction of sp³-hybridized carbons (Fsp3) is 0.462. The molecule has 0 aromatic heterocycles. The highest BCUT2D eigenvalue weighted by Crippen LogP contribution is 2.19. The lowest BCUT2D eigenvalue weighted by atomic mass is 10.1. The quantitative estimate of drug-likeness (QED) is 0.483. The molecule has 0 spiro atoms. The van der Waals surface area contributed by atoms with Crippen LogP contribution >= 0.6 is 11.6 Å². The van der Waals surface area contributed by atoms with Gasteiger partial charge in [0.15, 0.2) is 0 Å². The number of amides is 2. The summed E-state index contributed by atoms with van der Waals surface area (Å²) in [6.45, 7) is 2.78. The monoisotopic (exact) mass is 456 g/mol. The second kappa shape index (κ2) is 12.5. The maximum Gasteiger partial charge on any atom is 0.242 e. The number of hydrogen-bond acceptors (Lipinski definition) is 3. The average Bonchev–Trinajstić information content (AvgIpc) is 3.31. The molecule has 2 aromatic carbocycles.